The molecule has 0 bridgehead atoms. The van der Waals surface area contributed by atoms with Crippen molar-refractivity contribution in [2.75, 3.05) is 20.3 Å². The Morgan fingerprint density at radius 3 is 2.69 bits per heavy atom. The lowest BCUT2D eigenvalue weighted by atomic mass is 9.77. The van der Waals surface area contributed by atoms with Crippen molar-refractivity contribution in [1.29, 1.82) is 0 Å². The van der Waals surface area contributed by atoms with E-state index in [4.69, 9.17) is 27.9 Å². The number of carbonyl (C=O) groups excluding carboxylic acids is 1. The van der Waals surface area contributed by atoms with Gasteiger partial charge in [-0.3, -0.25) is 0 Å². The molecule has 1 fully saturated rings. The molecule has 5 N–H and O–H groups in total. The number of aliphatic imine (C=N–C) groups is 1. The van der Waals surface area contributed by atoms with Crippen molar-refractivity contribution in [3.05, 3.63) is 52.3 Å². The van der Waals surface area contributed by atoms with Crippen LogP contribution in [0.2, 0.25) is 5.02 Å². The number of benzene rings is 1. The van der Waals surface area contributed by atoms with Gasteiger partial charge in [-0.15, -0.1) is 11.3 Å². The van der Waals surface area contributed by atoms with E-state index in [0.717, 1.165) is 47.0 Å². The van der Waals surface area contributed by atoms with E-state index >= 15 is 0 Å². The van der Waals surface area contributed by atoms with E-state index in [9.17, 15) is 0 Å². The summed E-state index contributed by atoms with van der Waals surface area (Å²) in [4.78, 5) is 16.4. The molecule has 4 rings (SSSR count). The van der Waals surface area contributed by atoms with E-state index in [2.05, 4.69) is 22.4 Å². The third-order valence-electron chi connectivity index (χ3n) is 5.95. The minimum absolute atomic E-state index is 0.367. The van der Waals surface area contributed by atoms with E-state index in [0.29, 0.717) is 18.4 Å². The molecule has 0 unspecified atom stereocenters. The largest absolute Gasteiger partial charge is 0.382 e. The van der Waals surface area contributed by atoms with Crippen LogP contribution in [0.3, 0.4) is 0 Å². The van der Waals surface area contributed by atoms with Crippen LogP contribution in [-0.4, -0.2) is 37.3 Å². The lowest BCUT2D eigenvalue weighted by Crippen LogP contribution is -2.36. The number of thiophene rings is 1. The Labute approximate surface area is 199 Å². The highest BCUT2D eigenvalue weighted by Crippen LogP contribution is 2.44. The number of allylic oxidation sites excluding steroid dienone is 1. The van der Waals surface area contributed by atoms with Crippen LogP contribution in [0.4, 0.5) is 0 Å². The lowest BCUT2D eigenvalue weighted by molar-refractivity contribution is -0.106. The van der Waals surface area contributed by atoms with Crippen molar-refractivity contribution in [2.24, 2.45) is 28.3 Å². The van der Waals surface area contributed by atoms with Crippen LogP contribution in [0.25, 0.3) is 15.7 Å². The van der Waals surface area contributed by atoms with E-state index in [-0.39, 0.29) is 0 Å². The van der Waals surface area contributed by atoms with Crippen LogP contribution in [0.1, 0.15) is 37.5 Å². The number of nitrogens with one attached hydrogen (secondary N) is 1. The molecule has 0 amide bonds. The molecule has 1 aromatic carbocycles. The predicted molar refractivity (Wildman–Crippen MR) is 137 cm³/mol. The monoisotopic (exact) mass is 473 g/mol. The normalized spacial score (nSPS) is 22.2. The molecule has 1 aliphatic heterocycles. The summed E-state index contributed by atoms with van der Waals surface area (Å²) in [6.07, 6.45) is 9.09. The van der Waals surface area contributed by atoms with E-state index in [1.165, 1.54) is 35.6 Å². The van der Waals surface area contributed by atoms with E-state index < -0.39 is 0 Å². The fourth-order valence-corrected chi connectivity index (χ4v) is 6.02. The number of fused-ring (bicyclic) bond motifs is 1. The fraction of sp³-hybridized carbons (Fsp3) is 0.417. The molecule has 8 heteroatoms. The van der Waals surface area contributed by atoms with Gasteiger partial charge in [0.05, 0.1) is 22.1 Å². The quantitative estimate of drug-likeness (QED) is 0.553. The van der Waals surface area contributed by atoms with Crippen LogP contribution >= 0.6 is 22.9 Å². The molecule has 6 nitrogen and oxygen atoms in total. The topological polar surface area (TPSA) is 96.7 Å². The van der Waals surface area contributed by atoms with Gasteiger partial charge < -0.3 is 26.5 Å². The average molecular weight is 474 g/mol. The number of aldehydes is 1. The van der Waals surface area contributed by atoms with Gasteiger partial charge in [0.15, 0.2) is 0 Å². The van der Waals surface area contributed by atoms with Crippen molar-refractivity contribution in [3.63, 3.8) is 0 Å². The van der Waals surface area contributed by atoms with E-state index in [1.807, 2.05) is 30.3 Å². The summed E-state index contributed by atoms with van der Waals surface area (Å²) in [7, 11) is 2.03. The molecule has 172 valence electrons. The number of amidine groups is 1. The van der Waals surface area contributed by atoms with Crippen molar-refractivity contribution in [1.82, 2.24) is 10.2 Å². The highest BCUT2D eigenvalue weighted by atomic mass is 35.5. The van der Waals surface area contributed by atoms with Gasteiger partial charge in [-0.1, -0.05) is 23.7 Å². The van der Waals surface area contributed by atoms with Gasteiger partial charge in [0.25, 0.3) is 0 Å². The average Bonchev–Trinajstić information content (AvgIpc) is 3.22. The summed E-state index contributed by atoms with van der Waals surface area (Å²) < 4.78 is 1.12. The first-order valence-corrected chi connectivity index (χ1v) is 12.2. The van der Waals surface area contributed by atoms with Gasteiger partial charge in [0, 0.05) is 17.3 Å². The molecule has 32 heavy (non-hydrogen) atoms. The second-order valence-corrected chi connectivity index (χ2v) is 9.47. The van der Waals surface area contributed by atoms with Crippen LogP contribution in [0.15, 0.2) is 47.4 Å². The minimum Gasteiger partial charge on any atom is -0.382 e. The highest BCUT2D eigenvalue weighted by Gasteiger charge is 2.30. The molecule has 0 atom stereocenters. The predicted octanol–water partition coefficient (Wildman–Crippen LogP) is 4.56. The SMILES string of the molecule is CC=O.CNCC1CCC(/C(=C2/C(N)=NC=CN2CN)c2cc3cccc(Cl)c3s2)CC1. The van der Waals surface area contributed by atoms with Gasteiger partial charge in [-0.25, -0.2) is 4.99 Å². The number of halogens is 1. The summed E-state index contributed by atoms with van der Waals surface area (Å²) >= 11 is 8.22. The summed E-state index contributed by atoms with van der Waals surface area (Å²) in [6, 6.07) is 8.31. The minimum atomic E-state index is 0.367. The molecular formula is C24H32ClN5OS. The maximum Gasteiger partial charge on any atom is 0.147 e. The zero-order valence-corrected chi connectivity index (χ0v) is 20.3. The zero-order chi connectivity index (χ0) is 23.1. The van der Waals surface area contributed by atoms with Crippen molar-refractivity contribution < 1.29 is 4.79 Å². The summed E-state index contributed by atoms with van der Waals surface area (Å²) in [5, 5.41) is 5.29. The van der Waals surface area contributed by atoms with Crippen LogP contribution in [-0.2, 0) is 4.79 Å². The third kappa shape index (κ3) is 5.41. The lowest BCUT2D eigenvalue weighted by Gasteiger charge is -2.34. The summed E-state index contributed by atoms with van der Waals surface area (Å²) in [5.74, 6) is 1.70. The van der Waals surface area contributed by atoms with Crippen LogP contribution in [0.5, 0.6) is 0 Å². The molecule has 2 heterocycles. The number of carbonyl (C=O) groups is 1. The number of nitrogens with zero attached hydrogens (tertiary/aromatic N) is 2. The van der Waals surface area contributed by atoms with Crippen molar-refractivity contribution in [2.45, 2.75) is 32.6 Å². The molecule has 0 saturated heterocycles. The first kappa shape index (κ1) is 24.5. The Hall–Kier alpha value is -2.19. The molecule has 1 aromatic heterocycles. The zero-order valence-electron chi connectivity index (χ0n) is 18.7. The smallest absolute Gasteiger partial charge is 0.147 e. The van der Waals surface area contributed by atoms with Gasteiger partial charge in [0.2, 0.25) is 0 Å². The molecule has 2 aliphatic rings. The second kappa shape index (κ2) is 11.6. The summed E-state index contributed by atoms with van der Waals surface area (Å²) in [5.41, 5.74) is 14.7. The number of hydrogen-bond donors (Lipinski definition) is 3. The third-order valence-corrected chi connectivity index (χ3v) is 7.60. The van der Waals surface area contributed by atoms with Crippen molar-refractivity contribution >= 4 is 50.7 Å². The van der Waals surface area contributed by atoms with Gasteiger partial charge in [0.1, 0.15) is 12.1 Å². The standard InChI is InChI=1S/C22H28ClN5S.C2H4O/c1-26-12-14-5-7-15(8-6-14)19(20-22(25)27-9-10-28(20)13-24)18-11-16-3-2-4-17(23)21(16)29-18;1-2-3/h2-4,9-11,14-15,26H,5-8,12-13,24H2,1H3,(H2,25,27);2H,1H3/b20-19+;. The first-order valence-electron chi connectivity index (χ1n) is 11.0. The van der Waals surface area contributed by atoms with Crippen LogP contribution in [0, 0.1) is 11.8 Å². The van der Waals surface area contributed by atoms with Crippen LogP contribution < -0.4 is 16.8 Å². The Kier molecular flexibility index (Phi) is 8.87. The number of hydrogen-bond acceptors (Lipinski definition) is 7. The van der Waals surface area contributed by atoms with Crippen molar-refractivity contribution in [3.8, 4) is 0 Å². The molecule has 0 radical (unpaired) electrons. The maximum absolute atomic E-state index is 8.81. The highest BCUT2D eigenvalue weighted by molar-refractivity contribution is 7.20. The Morgan fingerprint density at radius 2 is 2.06 bits per heavy atom. The molecule has 0 spiro atoms. The Balaban J connectivity index is 0.000000913. The maximum atomic E-state index is 8.81. The molecule has 1 saturated carbocycles. The first-order chi connectivity index (χ1) is 15.5. The Morgan fingerprint density at radius 1 is 1.34 bits per heavy atom. The molecule has 2 aromatic rings. The Bertz CT molecular complexity index is 1020. The van der Waals surface area contributed by atoms with Gasteiger partial charge in [-0.2, -0.15) is 0 Å². The van der Waals surface area contributed by atoms with Gasteiger partial charge in [-0.05, 0) is 81.1 Å². The van der Waals surface area contributed by atoms with E-state index in [1.54, 1.807) is 17.5 Å². The molecule has 1 aliphatic carbocycles. The number of rotatable bonds is 5. The summed E-state index contributed by atoms with van der Waals surface area (Å²) in [6.45, 7) is 2.89. The fourth-order valence-electron chi connectivity index (χ4n) is 4.54. The second-order valence-electron chi connectivity index (χ2n) is 8.01. The number of nitrogens with two attached hydrogens (primary N) is 2. The molecular weight excluding hydrogens is 442 g/mol. The van der Waals surface area contributed by atoms with Gasteiger partial charge >= 0.3 is 0 Å².